The minimum absolute atomic E-state index is 0.150. The smallest absolute Gasteiger partial charge is 0.313 e. The van der Waals surface area contributed by atoms with Gasteiger partial charge in [-0.25, -0.2) is 4.79 Å². The van der Waals surface area contributed by atoms with Crippen LogP contribution < -0.4 is 0 Å². The zero-order chi connectivity index (χ0) is 18.3. The molecule has 0 bridgehead atoms. The summed E-state index contributed by atoms with van der Waals surface area (Å²) in [6, 6.07) is 5.51. The average Bonchev–Trinajstić information content (AvgIpc) is 2.84. The number of benzene rings is 1. The number of likely N-dealkylation sites (N-methyl/N-ethyl adjacent to an activating group) is 1. The first-order valence-electron chi connectivity index (χ1n) is 9.78. The highest BCUT2D eigenvalue weighted by Gasteiger charge is 2.55. The first kappa shape index (κ1) is 17.3. The summed E-state index contributed by atoms with van der Waals surface area (Å²) in [6.45, 7) is -0.150. The number of imide groups is 1. The number of amides is 3. The number of nitrogens with zero attached hydrogens (tertiary/aromatic N) is 2. The molecule has 2 fully saturated rings. The van der Waals surface area contributed by atoms with Crippen LogP contribution in [0, 0.1) is 0 Å². The van der Waals surface area contributed by atoms with Gasteiger partial charge in [0, 0.05) is 12.6 Å². The Morgan fingerprint density at radius 1 is 1.00 bits per heavy atom. The van der Waals surface area contributed by atoms with Crippen LogP contribution in [-0.2, 0) is 17.6 Å². The van der Waals surface area contributed by atoms with E-state index < -0.39 is 5.54 Å². The Labute approximate surface area is 154 Å². The number of Topliss-reactive ketones (excluding diaryl/α,β-unsaturated/α-hetero) is 1. The second-order valence-corrected chi connectivity index (χ2v) is 7.94. The largest absolute Gasteiger partial charge is 0.327 e. The Kier molecular flexibility index (Phi) is 4.33. The van der Waals surface area contributed by atoms with Crippen molar-refractivity contribution in [2.45, 2.75) is 63.3 Å². The predicted molar refractivity (Wildman–Crippen MR) is 98.1 cm³/mol. The molecule has 1 aromatic carbocycles. The van der Waals surface area contributed by atoms with Crippen molar-refractivity contribution in [1.82, 2.24) is 9.80 Å². The summed E-state index contributed by atoms with van der Waals surface area (Å²) in [6.07, 6.45) is 8.85. The summed E-state index contributed by atoms with van der Waals surface area (Å²) in [5, 5.41) is 0. The van der Waals surface area contributed by atoms with Crippen molar-refractivity contribution in [1.29, 1.82) is 0 Å². The van der Waals surface area contributed by atoms with E-state index >= 15 is 0 Å². The Hall–Kier alpha value is -2.17. The molecular weight excluding hydrogens is 328 g/mol. The van der Waals surface area contributed by atoms with Gasteiger partial charge in [0.2, 0.25) is 0 Å². The summed E-state index contributed by atoms with van der Waals surface area (Å²) >= 11 is 0. The summed E-state index contributed by atoms with van der Waals surface area (Å²) in [5.74, 6) is -0.336. The SMILES string of the molecule is CN1C(=O)N(CC(=O)c2ccc3c(c2)CCCC3)C(=O)C12CCCCC2. The maximum absolute atomic E-state index is 13.0. The van der Waals surface area contributed by atoms with E-state index in [0.29, 0.717) is 18.4 Å². The van der Waals surface area contributed by atoms with Crippen molar-refractivity contribution in [3.05, 3.63) is 34.9 Å². The number of urea groups is 1. The molecule has 138 valence electrons. The van der Waals surface area contributed by atoms with Gasteiger partial charge in [-0.15, -0.1) is 0 Å². The van der Waals surface area contributed by atoms with Gasteiger partial charge < -0.3 is 4.90 Å². The van der Waals surface area contributed by atoms with Crippen LogP contribution in [0.2, 0.25) is 0 Å². The van der Waals surface area contributed by atoms with E-state index in [0.717, 1.165) is 38.5 Å². The van der Waals surface area contributed by atoms with Crippen molar-refractivity contribution >= 4 is 17.7 Å². The lowest BCUT2D eigenvalue weighted by Crippen LogP contribution is -2.49. The molecule has 1 heterocycles. The molecule has 3 amide bonds. The maximum Gasteiger partial charge on any atom is 0.327 e. The monoisotopic (exact) mass is 354 g/mol. The van der Waals surface area contributed by atoms with Gasteiger partial charge in [-0.1, -0.05) is 31.4 Å². The molecule has 2 aliphatic carbocycles. The van der Waals surface area contributed by atoms with Crippen LogP contribution in [0.4, 0.5) is 4.79 Å². The van der Waals surface area contributed by atoms with Gasteiger partial charge >= 0.3 is 6.03 Å². The fourth-order valence-electron chi connectivity index (χ4n) is 4.81. The van der Waals surface area contributed by atoms with Crippen LogP contribution in [0.25, 0.3) is 0 Å². The molecule has 1 aliphatic heterocycles. The van der Waals surface area contributed by atoms with Gasteiger partial charge in [0.05, 0.1) is 6.54 Å². The lowest BCUT2D eigenvalue weighted by molar-refractivity contribution is -0.134. The van der Waals surface area contributed by atoms with Crippen LogP contribution >= 0.6 is 0 Å². The third-order valence-corrected chi connectivity index (χ3v) is 6.46. The normalized spacial score (nSPS) is 22.0. The van der Waals surface area contributed by atoms with Crippen molar-refractivity contribution in [2.75, 3.05) is 13.6 Å². The maximum atomic E-state index is 13.0. The molecular formula is C21H26N2O3. The number of aryl methyl sites for hydroxylation is 2. The molecule has 0 aromatic heterocycles. The Balaban J connectivity index is 1.54. The van der Waals surface area contributed by atoms with Gasteiger partial charge in [-0.05, 0) is 55.7 Å². The molecule has 1 saturated heterocycles. The fraction of sp³-hybridized carbons (Fsp3) is 0.571. The topological polar surface area (TPSA) is 57.7 Å². The van der Waals surface area contributed by atoms with Crippen LogP contribution in [0.3, 0.4) is 0 Å². The molecule has 4 rings (SSSR count). The van der Waals surface area contributed by atoms with E-state index in [4.69, 9.17) is 0 Å². The van der Waals surface area contributed by atoms with E-state index in [1.165, 1.54) is 22.4 Å². The summed E-state index contributed by atoms with van der Waals surface area (Å²) in [7, 11) is 1.70. The first-order chi connectivity index (χ1) is 12.5. The highest BCUT2D eigenvalue weighted by Crippen LogP contribution is 2.39. The minimum atomic E-state index is -0.717. The third-order valence-electron chi connectivity index (χ3n) is 6.46. The Bertz CT molecular complexity index is 765. The van der Waals surface area contributed by atoms with Crippen molar-refractivity contribution in [2.24, 2.45) is 0 Å². The van der Waals surface area contributed by atoms with Gasteiger partial charge in [-0.2, -0.15) is 0 Å². The van der Waals surface area contributed by atoms with E-state index in [9.17, 15) is 14.4 Å². The van der Waals surface area contributed by atoms with Gasteiger partial charge in [0.15, 0.2) is 5.78 Å². The highest BCUT2D eigenvalue weighted by molar-refractivity contribution is 6.11. The Morgan fingerprint density at radius 3 is 2.42 bits per heavy atom. The minimum Gasteiger partial charge on any atom is -0.313 e. The quantitative estimate of drug-likeness (QED) is 0.618. The number of rotatable bonds is 3. The Morgan fingerprint density at radius 2 is 1.69 bits per heavy atom. The highest BCUT2D eigenvalue weighted by atomic mass is 16.2. The summed E-state index contributed by atoms with van der Waals surface area (Å²) < 4.78 is 0. The number of carbonyl (C=O) groups excluding carboxylic acids is 3. The molecule has 3 aliphatic rings. The van der Waals surface area contributed by atoms with Crippen LogP contribution in [0.15, 0.2) is 18.2 Å². The third kappa shape index (κ3) is 2.65. The number of fused-ring (bicyclic) bond motifs is 1. The first-order valence-corrected chi connectivity index (χ1v) is 9.78. The lowest BCUT2D eigenvalue weighted by atomic mass is 9.80. The van der Waals surface area contributed by atoms with E-state index in [1.807, 2.05) is 18.2 Å². The van der Waals surface area contributed by atoms with Crippen LogP contribution in [0.5, 0.6) is 0 Å². The van der Waals surface area contributed by atoms with Gasteiger partial charge in [0.1, 0.15) is 5.54 Å². The molecule has 1 aromatic rings. The van der Waals surface area contributed by atoms with E-state index in [2.05, 4.69) is 0 Å². The molecule has 0 radical (unpaired) electrons. The number of hydrogen-bond donors (Lipinski definition) is 0. The number of carbonyl (C=O) groups is 3. The molecule has 5 nitrogen and oxygen atoms in total. The second-order valence-electron chi connectivity index (χ2n) is 7.94. The van der Waals surface area contributed by atoms with Gasteiger partial charge in [0.25, 0.3) is 5.91 Å². The zero-order valence-electron chi connectivity index (χ0n) is 15.4. The average molecular weight is 354 g/mol. The van der Waals surface area contributed by atoms with Crippen molar-refractivity contribution in [3.8, 4) is 0 Å². The molecule has 1 spiro atoms. The van der Waals surface area contributed by atoms with Gasteiger partial charge in [-0.3, -0.25) is 14.5 Å². The lowest BCUT2D eigenvalue weighted by Gasteiger charge is -2.35. The second kappa shape index (κ2) is 6.53. The molecule has 26 heavy (non-hydrogen) atoms. The van der Waals surface area contributed by atoms with Crippen molar-refractivity contribution in [3.63, 3.8) is 0 Å². The molecule has 0 unspecified atom stereocenters. The number of ketones is 1. The summed E-state index contributed by atoms with van der Waals surface area (Å²) in [4.78, 5) is 41.2. The van der Waals surface area contributed by atoms with Crippen molar-refractivity contribution < 1.29 is 14.4 Å². The summed E-state index contributed by atoms with van der Waals surface area (Å²) in [5.41, 5.74) is 2.45. The predicted octanol–water partition coefficient (Wildman–Crippen LogP) is 3.35. The zero-order valence-corrected chi connectivity index (χ0v) is 15.4. The fourth-order valence-corrected chi connectivity index (χ4v) is 4.81. The molecule has 0 atom stereocenters. The molecule has 5 heteroatoms. The van der Waals surface area contributed by atoms with Crippen LogP contribution in [-0.4, -0.2) is 46.7 Å². The molecule has 0 N–H and O–H groups in total. The standard InChI is InChI=1S/C21H26N2O3/c1-22-20(26)23(19(25)21(22)11-5-2-6-12-21)14-18(24)17-10-9-15-7-3-4-8-16(15)13-17/h9-10,13H,2-8,11-12,14H2,1H3. The molecule has 1 saturated carbocycles. The number of hydrogen-bond acceptors (Lipinski definition) is 3. The van der Waals surface area contributed by atoms with E-state index in [1.54, 1.807) is 11.9 Å². The van der Waals surface area contributed by atoms with Crippen LogP contribution in [0.1, 0.15) is 66.4 Å². The van der Waals surface area contributed by atoms with E-state index in [-0.39, 0.29) is 24.3 Å².